The first kappa shape index (κ1) is 17.0. The van der Waals surface area contributed by atoms with Crippen molar-refractivity contribution < 1.29 is 4.79 Å². The lowest BCUT2D eigenvalue weighted by molar-refractivity contribution is -0.131. The molecule has 0 aliphatic heterocycles. The predicted octanol–water partition coefficient (Wildman–Crippen LogP) is 3.67. The molecule has 0 aromatic heterocycles. The van der Waals surface area contributed by atoms with E-state index >= 15 is 0 Å². The van der Waals surface area contributed by atoms with Gasteiger partial charge in [-0.05, 0) is 37.5 Å². The van der Waals surface area contributed by atoms with Crippen molar-refractivity contribution in [1.82, 2.24) is 10.2 Å². The Bertz CT molecular complexity index is 590. The maximum absolute atomic E-state index is 12.9. The molecule has 1 saturated carbocycles. The van der Waals surface area contributed by atoms with Gasteiger partial charge in [-0.15, -0.1) is 6.58 Å². The summed E-state index contributed by atoms with van der Waals surface area (Å²) in [5, 5.41) is 4.25. The lowest BCUT2D eigenvalue weighted by Gasteiger charge is -2.45. The van der Waals surface area contributed by atoms with Gasteiger partial charge >= 0.3 is 0 Å². The molecule has 0 saturated heterocycles. The van der Waals surface area contributed by atoms with E-state index in [-0.39, 0.29) is 5.78 Å². The largest absolute Gasteiger partial charge is 0.359 e. The molecule has 0 bridgehead atoms. The maximum atomic E-state index is 12.9. The number of carbonyl (C=O) groups is 1. The van der Waals surface area contributed by atoms with Gasteiger partial charge in [-0.25, -0.2) is 0 Å². The number of rotatable bonds is 4. The fourth-order valence-corrected chi connectivity index (χ4v) is 3.61. The summed E-state index contributed by atoms with van der Waals surface area (Å²) in [5.41, 5.74) is 0.0635. The van der Waals surface area contributed by atoms with Crippen LogP contribution in [0.1, 0.15) is 31.2 Å². The molecule has 3 nitrogen and oxygen atoms in total. The second-order valence-electron chi connectivity index (χ2n) is 5.50. The van der Waals surface area contributed by atoms with Gasteiger partial charge in [0.15, 0.2) is 10.9 Å². The van der Waals surface area contributed by atoms with Crippen LogP contribution in [0.5, 0.6) is 0 Å². The van der Waals surface area contributed by atoms with Gasteiger partial charge in [0, 0.05) is 30.6 Å². The van der Waals surface area contributed by atoms with Crippen LogP contribution in [-0.2, 0) is 10.3 Å². The molecule has 118 valence electrons. The second-order valence-corrected chi connectivity index (χ2v) is 6.30. The monoisotopic (exact) mass is 336 g/mol. The minimum absolute atomic E-state index is 0.178. The number of ketones is 1. The Kier molecular flexibility index (Phi) is 5.59. The molecule has 1 fully saturated rings. The van der Waals surface area contributed by atoms with Crippen molar-refractivity contribution in [1.29, 1.82) is 0 Å². The zero-order valence-electron chi connectivity index (χ0n) is 12.8. The molecule has 1 aromatic carbocycles. The molecule has 0 heterocycles. The first-order valence-electron chi connectivity index (χ1n) is 7.45. The minimum atomic E-state index is -0.776. The van der Waals surface area contributed by atoms with Crippen molar-refractivity contribution in [2.75, 3.05) is 13.6 Å². The number of halogens is 1. The number of hydrogen-bond acceptors (Lipinski definition) is 2. The standard InChI is InChI=1S/C17H21ClN2OS/c1-3-12-19-16(22)20(2)17(11-7-6-10-15(17)21)13-8-4-5-9-14(13)18/h3-5,8-9H,1,6-7,10-12H2,2H3,(H,19,22)/t17-/m1/s1. The van der Waals surface area contributed by atoms with E-state index in [0.717, 1.165) is 24.8 Å². The molecule has 0 unspecified atom stereocenters. The van der Waals surface area contributed by atoms with Crippen LogP contribution in [-0.4, -0.2) is 29.4 Å². The first-order valence-corrected chi connectivity index (χ1v) is 8.23. The molecule has 0 radical (unpaired) electrons. The van der Waals surface area contributed by atoms with Gasteiger partial charge in [-0.3, -0.25) is 4.79 Å². The highest BCUT2D eigenvalue weighted by Gasteiger charge is 2.46. The van der Waals surface area contributed by atoms with Gasteiger partial charge < -0.3 is 10.2 Å². The molecule has 1 aliphatic rings. The summed E-state index contributed by atoms with van der Waals surface area (Å²) in [7, 11) is 1.87. The summed E-state index contributed by atoms with van der Waals surface area (Å²) in [6.45, 7) is 4.25. The molecule has 0 amide bonds. The molecule has 2 rings (SSSR count). The molecular weight excluding hydrogens is 316 g/mol. The summed E-state index contributed by atoms with van der Waals surface area (Å²) < 4.78 is 0. The van der Waals surface area contributed by atoms with Crippen molar-refractivity contribution in [2.45, 2.75) is 31.2 Å². The molecule has 0 spiro atoms. The van der Waals surface area contributed by atoms with E-state index in [4.69, 9.17) is 23.8 Å². The average Bonchev–Trinajstić information content (AvgIpc) is 2.53. The van der Waals surface area contributed by atoms with E-state index in [1.165, 1.54) is 0 Å². The van der Waals surface area contributed by atoms with Crippen LogP contribution in [0, 0.1) is 0 Å². The van der Waals surface area contributed by atoms with Gasteiger partial charge in [-0.2, -0.15) is 0 Å². The molecule has 1 N–H and O–H groups in total. The Labute approximate surface area is 142 Å². The van der Waals surface area contributed by atoms with Crippen LogP contribution >= 0.6 is 23.8 Å². The number of nitrogens with one attached hydrogen (secondary N) is 1. The summed E-state index contributed by atoms with van der Waals surface area (Å²) >= 11 is 11.9. The average molecular weight is 337 g/mol. The molecular formula is C17H21ClN2OS. The Morgan fingerprint density at radius 3 is 2.86 bits per heavy atom. The van der Waals surface area contributed by atoms with Gasteiger partial charge in [0.2, 0.25) is 0 Å². The number of carbonyl (C=O) groups excluding carboxylic acids is 1. The number of Topliss-reactive ketones (excluding diaryl/α,β-unsaturated/α-hetero) is 1. The van der Waals surface area contributed by atoms with Crippen molar-refractivity contribution in [3.63, 3.8) is 0 Å². The fourth-order valence-electron chi connectivity index (χ4n) is 3.08. The third-order valence-corrected chi connectivity index (χ3v) is 5.00. The van der Waals surface area contributed by atoms with Crippen LogP contribution in [0.4, 0.5) is 0 Å². The van der Waals surface area contributed by atoms with Crippen molar-refractivity contribution in [3.05, 3.63) is 47.5 Å². The molecule has 22 heavy (non-hydrogen) atoms. The third-order valence-electron chi connectivity index (χ3n) is 4.25. The molecule has 5 heteroatoms. The highest BCUT2D eigenvalue weighted by atomic mass is 35.5. The molecule has 1 aromatic rings. The Hall–Kier alpha value is -1.39. The van der Waals surface area contributed by atoms with Crippen molar-refractivity contribution in [2.24, 2.45) is 0 Å². The number of nitrogens with zero attached hydrogens (tertiary/aromatic N) is 1. The number of thiocarbonyl (C=S) groups is 1. The van der Waals surface area contributed by atoms with Crippen LogP contribution in [0.25, 0.3) is 0 Å². The quantitative estimate of drug-likeness (QED) is 0.671. The van der Waals surface area contributed by atoms with E-state index in [0.29, 0.717) is 23.1 Å². The van der Waals surface area contributed by atoms with E-state index in [2.05, 4.69) is 11.9 Å². The van der Waals surface area contributed by atoms with Crippen LogP contribution < -0.4 is 5.32 Å². The fraction of sp³-hybridized carbons (Fsp3) is 0.412. The number of benzene rings is 1. The summed E-state index contributed by atoms with van der Waals surface area (Å²) in [6.07, 6.45) is 4.92. The van der Waals surface area contributed by atoms with Gasteiger partial charge in [0.25, 0.3) is 0 Å². The Morgan fingerprint density at radius 2 is 2.23 bits per heavy atom. The van der Waals surface area contributed by atoms with Gasteiger partial charge in [0.1, 0.15) is 5.54 Å². The van der Waals surface area contributed by atoms with E-state index in [1.807, 2.05) is 36.2 Å². The smallest absolute Gasteiger partial charge is 0.170 e. The third kappa shape index (κ3) is 3.03. The predicted molar refractivity (Wildman–Crippen MR) is 95.2 cm³/mol. The van der Waals surface area contributed by atoms with Crippen LogP contribution in [0.3, 0.4) is 0 Å². The maximum Gasteiger partial charge on any atom is 0.170 e. The lowest BCUT2D eigenvalue weighted by Crippen LogP contribution is -2.56. The van der Waals surface area contributed by atoms with Crippen molar-refractivity contribution in [3.8, 4) is 0 Å². The van der Waals surface area contributed by atoms with E-state index < -0.39 is 5.54 Å². The van der Waals surface area contributed by atoms with Gasteiger partial charge in [-0.1, -0.05) is 35.9 Å². The summed E-state index contributed by atoms with van der Waals surface area (Å²) in [6, 6.07) is 7.55. The van der Waals surface area contributed by atoms with E-state index in [1.54, 1.807) is 6.08 Å². The highest BCUT2D eigenvalue weighted by molar-refractivity contribution is 7.80. The molecule has 1 aliphatic carbocycles. The Morgan fingerprint density at radius 1 is 1.50 bits per heavy atom. The number of likely N-dealkylation sites (N-methyl/N-ethyl adjacent to an activating group) is 1. The zero-order valence-corrected chi connectivity index (χ0v) is 14.3. The summed E-state index contributed by atoms with van der Waals surface area (Å²) in [5.74, 6) is 0.178. The number of hydrogen-bond donors (Lipinski definition) is 1. The lowest BCUT2D eigenvalue weighted by atomic mass is 9.74. The first-order chi connectivity index (χ1) is 10.5. The topological polar surface area (TPSA) is 32.3 Å². The van der Waals surface area contributed by atoms with Crippen molar-refractivity contribution >= 4 is 34.7 Å². The van der Waals surface area contributed by atoms with E-state index in [9.17, 15) is 4.79 Å². The second kappa shape index (κ2) is 7.25. The Balaban J connectivity index is 2.47. The normalized spacial score (nSPS) is 21.3. The zero-order chi connectivity index (χ0) is 16.2. The van der Waals surface area contributed by atoms with Crippen LogP contribution in [0.15, 0.2) is 36.9 Å². The highest BCUT2D eigenvalue weighted by Crippen LogP contribution is 2.42. The SMILES string of the molecule is C=CCNC(=S)N(C)[C@@]1(c2ccccc2Cl)CCCCC1=O. The summed E-state index contributed by atoms with van der Waals surface area (Å²) in [4.78, 5) is 14.8. The molecule has 1 atom stereocenters. The van der Waals surface area contributed by atoms with Gasteiger partial charge in [0.05, 0.1) is 0 Å². The van der Waals surface area contributed by atoms with Crippen LogP contribution in [0.2, 0.25) is 5.02 Å². The minimum Gasteiger partial charge on any atom is -0.359 e.